The Morgan fingerprint density at radius 2 is 2.11 bits per heavy atom. The first-order chi connectivity index (χ1) is 13.2. The number of halogens is 1. The monoisotopic (exact) mass is 519 g/mol. The van der Waals surface area contributed by atoms with Gasteiger partial charge in [0.2, 0.25) is 5.91 Å². The summed E-state index contributed by atoms with van der Waals surface area (Å²) in [7, 11) is 1.81. The number of carbonyl (C=O) groups is 1. The predicted molar refractivity (Wildman–Crippen MR) is 127 cm³/mol. The van der Waals surface area contributed by atoms with Crippen LogP contribution < -0.4 is 10.6 Å². The summed E-state index contributed by atoms with van der Waals surface area (Å²) in [4.78, 5) is 23.5. The lowest BCUT2D eigenvalue weighted by Gasteiger charge is -2.21. The molecule has 1 amide bonds. The number of hydrogen-bond acceptors (Lipinski definition) is 4. The number of hydrogen-bond donors (Lipinski definition) is 2. The third-order valence-corrected chi connectivity index (χ3v) is 6.57. The van der Waals surface area contributed by atoms with Crippen LogP contribution in [0.15, 0.2) is 10.4 Å². The van der Waals surface area contributed by atoms with Gasteiger partial charge in [-0.2, -0.15) is 0 Å². The molecule has 1 aliphatic heterocycles. The molecule has 3 rings (SSSR count). The number of likely N-dealkylation sites (tertiary alicyclic amines) is 1. The number of rotatable bonds is 7. The Morgan fingerprint density at radius 1 is 1.32 bits per heavy atom. The smallest absolute Gasteiger partial charge is 0.225 e. The summed E-state index contributed by atoms with van der Waals surface area (Å²) in [6.07, 6.45) is 8.86. The molecule has 1 atom stereocenters. The summed E-state index contributed by atoms with van der Waals surface area (Å²) in [6, 6.07) is 0.305. The van der Waals surface area contributed by atoms with Gasteiger partial charge in [0.1, 0.15) is 0 Å². The van der Waals surface area contributed by atoms with Gasteiger partial charge in [-0.1, -0.05) is 12.8 Å². The van der Waals surface area contributed by atoms with Crippen LogP contribution in [0.3, 0.4) is 0 Å². The van der Waals surface area contributed by atoms with Crippen molar-refractivity contribution in [1.82, 2.24) is 20.5 Å². The molecular formula is C20H34IN5OS. The normalized spacial score (nSPS) is 20.3. The standard InChI is InChI=1S/C20H33N5OS.HI/c1-15-14-27-18(23-15)9-5-6-11-22-20(21-2)24-17-10-12-25(13-17)19(26)16-7-3-4-8-16;/h14,16-17H,3-13H2,1-2H3,(H2,21,22,24);1H. The van der Waals surface area contributed by atoms with Gasteiger partial charge in [0.15, 0.2) is 5.96 Å². The molecule has 6 nitrogen and oxygen atoms in total. The highest BCUT2D eigenvalue weighted by Crippen LogP contribution is 2.27. The van der Waals surface area contributed by atoms with E-state index >= 15 is 0 Å². The van der Waals surface area contributed by atoms with Crippen LogP contribution in [0.5, 0.6) is 0 Å². The molecule has 1 unspecified atom stereocenters. The van der Waals surface area contributed by atoms with Crippen LogP contribution in [0.4, 0.5) is 0 Å². The van der Waals surface area contributed by atoms with Crippen molar-refractivity contribution in [3.05, 3.63) is 16.1 Å². The lowest BCUT2D eigenvalue weighted by Crippen LogP contribution is -2.45. The van der Waals surface area contributed by atoms with Crippen LogP contribution >= 0.6 is 35.3 Å². The second kappa shape index (κ2) is 11.9. The molecule has 1 aromatic rings. The average molecular weight is 519 g/mol. The van der Waals surface area contributed by atoms with Crippen LogP contribution in [-0.2, 0) is 11.2 Å². The first-order valence-electron chi connectivity index (χ1n) is 10.3. The number of unbranched alkanes of at least 4 members (excludes halogenated alkanes) is 1. The fraction of sp³-hybridized carbons (Fsp3) is 0.750. The van der Waals surface area contributed by atoms with Gasteiger partial charge in [0, 0.05) is 49.7 Å². The van der Waals surface area contributed by atoms with Crippen LogP contribution in [-0.4, -0.2) is 54.5 Å². The largest absolute Gasteiger partial charge is 0.356 e. The van der Waals surface area contributed by atoms with Crippen LogP contribution in [0.1, 0.15) is 55.6 Å². The van der Waals surface area contributed by atoms with E-state index in [9.17, 15) is 4.79 Å². The second-order valence-corrected chi connectivity index (χ2v) is 8.68. The van der Waals surface area contributed by atoms with E-state index in [0.29, 0.717) is 11.9 Å². The van der Waals surface area contributed by atoms with Gasteiger partial charge in [-0.05, 0) is 45.4 Å². The molecule has 2 N–H and O–H groups in total. The molecule has 1 aliphatic carbocycles. The summed E-state index contributed by atoms with van der Waals surface area (Å²) in [5.41, 5.74) is 1.12. The molecule has 0 aromatic carbocycles. The van der Waals surface area contributed by atoms with Gasteiger partial charge in [-0.3, -0.25) is 9.79 Å². The zero-order valence-corrected chi connectivity index (χ0v) is 20.2. The maximum Gasteiger partial charge on any atom is 0.225 e. The highest BCUT2D eigenvalue weighted by atomic mass is 127. The summed E-state index contributed by atoms with van der Waals surface area (Å²) < 4.78 is 0. The molecule has 28 heavy (non-hydrogen) atoms. The highest BCUT2D eigenvalue weighted by molar-refractivity contribution is 14.0. The highest BCUT2D eigenvalue weighted by Gasteiger charge is 2.32. The van der Waals surface area contributed by atoms with E-state index in [4.69, 9.17) is 0 Å². The van der Waals surface area contributed by atoms with Crippen molar-refractivity contribution in [3.8, 4) is 0 Å². The number of amides is 1. The Bertz CT molecular complexity index is 644. The summed E-state index contributed by atoms with van der Waals surface area (Å²) in [6.45, 7) is 4.63. The van der Waals surface area contributed by atoms with Gasteiger partial charge in [-0.15, -0.1) is 35.3 Å². The van der Waals surface area contributed by atoms with Gasteiger partial charge >= 0.3 is 0 Å². The van der Waals surface area contributed by atoms with E-state index in [1.54, 1.807) is 11.3 Å². The van der Waals surface area contributed by atoms with Crippen molar-refractivity contribution in [2.75, 3.05) is 26.7 Å². The molecular weight excluding hydrogens is 485 g/mol. The van der Waals surface area contributed by atoms with Crippen molar-refractivity contribution >= 4 is 47.2 Å². The first-order valence-corrected chi connectivity index (χ1v) is 11.2. The number of aryl methyl sites for hydroxylation is 2. The van der Waals surface area contributed by atoms with Crippen LogP contribution in [0, 0.1) is 12.8 Å². The lowest BCUT2D eigenvalue weighted by atomic mass is 10.1. The number of guanidine groups is 1. The van der Waals surface area contributed by atoms with Crippen molar-refractivity contribution in [2.45, 2.75) is 64.3 Å². The molecule has 1 saturated carbocycles. The topological polar surface area (TPSA) is 69.6 Å². The Kier molecular flexibility index (Phi) is 9.98. The fourth-order valence-electron chi connectivity index (χ4n) is 4.02. The second-order valence-electron chi connectivity index (χ2n) is 7.73. The quantitative estimate of drug-likeness (QED) is 0.251. The zero-order chi connectivity index (χ0) is 19.1. The number of aromatic nitrogens is 1. The van der Waals surface area contributed by atoms with E-state index in [1.165, 1.54) is 17.8 Å². The van der Waals surface area contributed by atoms with E-state index in [-0.39, 0.29) is 29.9 Å². The summed E-state index contributed by atoms with van der Waals surface area (Å²) in [5.74, 6) is 1.50. The van der Waals surface area contributed by atoms with Crippen LogP contribution in [0.2, 0.25) is 0 Å². The van der Waals surface area contributed by atoms with Gasteiger partial charge in [0.25, 0.3) is 0 Å². The van der Waals surface area contributed by atoms with Crippen molar-refractivity contribution in [1.29, 1.82) is 0 Å². The Morgan fingerprint density at radius 3 is 2.79 bits per heavy atom. The molecule has 158 valence electrons. The third-order valence-electron chi connectivity index (χ3n) is 5.55. The SMILES string of the molecule is CN=C(NCCCCc1nc(C)cs1)NC1CCN(C(=O)C2CCCC2)C1.I. The van der Waals surface area contributed by atoms with Gasteiger partial charge in [-0.25, -0.2) is 4.98 Å². The summed E-state index contributed by atoms with van der Waals surface area (Å²) >= 11 is 1.75. The predicted octanol–water partition coefficient (Wildman–Crippen LogP) is 3.35. The van der Waals surface area contributed by atoms with Crippen molar-refractivity contribution in [3.63, 3.8) is 0 Å². The molecule has 0 bridgehead atoms. The van der Waals surface area contributed by atoms with E-state index in [2.05, 4.69) is 30.9 Å². The maximum atomic E-state index is 12.6. The van der Waals surface area contributed by atoms with Gasteiger partial charge in [0.05, 0.1) is 5.01 Å². The lowest BCUT2D eigenvalue weighted by molar-refractivity contribution is -0.134. The van der Waals surface area contributed by atoms with Crippen molar-refractivity contribution in [2.24, 2.45) is 10.9 Å². The fourth-order valence-corrected chi connectivity index (χ4v) is 4.84. The average Bonchev–Trinajstić information content (AvgIpc) is 3.42. The van der Waals surface area contributed by atoms with E-state index < -0.39 is 0 Å². The Hall–Kier alpha value is -0.900. The number of thiazole rings is 1. The van der Waals surface area contributed by atoms with E-state index in [0.717, 1.165) is 69.8 Å². The minimum atomic E-state index is 0. The molecule has 0 spiro atoms. The number of carbonyl (C=O) groups excluding carboxylic acids is 1. The van der Waals surface area contributed by atoms with E-state index in [1.807, 2.05) is 14.0 Å². The minimum absolute atomic E-state index is 0. The minimum Gasteiger partial charge on any atom is -0.356 e. The Balaban J connectivity index is 0.00000280. The molecule has 1 aromatic heterocycles. The number of aliphatic imine (C=N–C) groups is 1. The number of nitrogens with zero attached hydrogens (tertiary/aromatic N) is 3. The zero-order valence-electron chi connectivity index (χ0n) is 17.1. The molecule has 2 heterocycles. The van der Waals surface area contributed by atoms with Crippen molar-refractivity contribution < 1.29 is 4.79 Å². The summed E-state index contributed by atoms with van der Waals surface area (Å²) in [5, 5.41) is 10.2. The van der Waals surface area contributed by atoms with Crippen LogP contribution in [0.25, 0.3) is 0 Å². The maximum absolute atomic E-state index is 12.6. The van der Waals surface area contributed by atoms with Gasteiger partial charge < -0.3 is 15.5 Å². The first kappa shape index (κ1) is 23.4. The molecule has 2 aliphatic rings. The molecule has 2 fully saturated rings. The molecule has 0 radical (unpaired) electrons. The molecule has 8 heteroatoms. The molecule has 1 saturated heterocycles. The third kappa shape index (κ3) is 6.86. The Labute approximate surface area is 190 Å². The number of nitrogens with one attached hydrogen (secondary N) is 2.